The molecule has 0 aromatic rings. The first-order valence-electron chi connectivity index (χ1n) is 6.07. The van der Waals surface area contributed by atoms with Crippen LogP contribution in [0.15, 0.2) is 0 Å². The van der Waals surface area contributed by atoms with E-state index in [1.165, 1.54) is 6.92 Å². The molecule has 0 aromatic heterocycles. The van der Waals surface area contributed by atoms with Crippen LogP contribution in [0, 0.1) is 0 Å². The SMILES string of the molecule is CCCCOC(=O)C(C)P(=O)(OCC)OCC. The van der Waals surface area contributed by atoms with Crippen molar-refractivity contribution < 1.29 is 23.1 Å². The van der Waals surface area contributed by atoms with Crippen molar-refractivity contribution in [3.63, 3.8) is 0 Å². The van der Waals surface area contributed by atoms with Crippen LogP contribution in [0.4, 0.5) is 0 Å². The van der Waals surface area contributed by atoms with Crippen molar-refractivity contribution in [1.29, 1.82) is 0 Å². The quantitative estimate of drug-likeness (QED) is 0.365. The van der Waals surface area contributed by atoms with E-state index in [2.05, 4.69) is 0 Å². The van der Waals surface area contributed by atoms with Crippen LogP contribution in [0.5, 0.6) is 0 Å². The average molecular weight is 266 g/mol. The number of esters is 1. The molecule has 17 heavy (non-hydrogen) atoms. The Morgan fingerprint density at radius 1 is 1.18 bits per heavy atom. The molecule has 1 unspecified atom stereocenters. The summed E-state index contributed by atoms with van der Waals surface area (Å²) in [5.41, 5.74) is -0.876. The lowest BCUT2D eigenvalue weighted by Gasteiger charge is -2.21. The molecule has 0 aliphatic heterocycles. The van der Waals surface area contributed by atoms with E-state index in [4.69, 9.17) is 13.8 Å². The summed E-state index contributed by atoms with van der Waals surface area (Å²) in [7, 11) is -3.39. The van der Waals surface area contributed by atoms with Crippen LogP contribution in [-0.4, -0.2) is 31.4 Å². The van der Waals surface area contributed by atoms with E-state index in [0.29, 0.717) is 6.61 Å². The molecule has 0 spiro atoms. The molecule has 102 valence electrons. The van der Waals surface area contributed by atoms with Crippen molar-refractivity contribution in [2.45, 2.75) is 46.2 Å². The molecule has 0 amide bonds. The first-order valence-corrected chi connectivity index (χ1v) is 7.68. The van der Waals surface area contributed by atoms with Gasteiger partial charge in [0.1, 0.15) is 0 Å². The van der Waals surface area contributed by atoms with Crippen molar-refractivity contribution >= 4 is 13.6 Å². The molecule has 0 saturated heterocycles. The van der Waals surface area contributed by atoms with Crippen LogP contribution >= 0.6 is 7.60 Å². The van der Waals surface area contributed by atoms with Gasteiger partial charge in [-0.25, -0.2) is 0 Å². The Kier molecular flexibility index (Phi) is 8.48. The molecule has 0 rings (SSSR count). The lowest BCUT2D eigenvalue weighted by Crippen LogP contribution is -2.23. The fourth-order valence-corrected chi connectivity index (χ4v) is 2.76. The van der Waals surface area contributed by atoms with Gasteiger partial charge in [0.2, 0.25) is 0 Å². The second kappa shape index (κ2) is 8.67. The van der Waals surface area contributed by atoms with Gasteiger partial charge in [0.15, 0.2) is 5.66 Å². The van der Waals surface area contributed by atoms with Crippen LogP contribution in [0.2, 0.25) is 0 Å². The van der Waals surface area contributed by atoms with E-state index in [1.807, 2.05) is 6.92 Å². The van der Waals surface area contributed by atoms with Gasteiger partial charge in [-0.1, -0.05) is 13.3 Å². The van der Waals surface area contributed by atoms with Gasteiger partial charge in [0.25, 0.3) is 0 Å². The average Bonchev–Trinajstić information content (AvgIpc) is 2.29. The van der Waals surface area contributed by atoms with E-state index < -0.39 is 19.2 Å². The molecule has 0 heterocycles. The maximum absolute atomic E-state index is 12.2. The van der Waals surface area contributed by atoms with Gasteiger partial charge in [-0.2, -0.15) is 0 Å². The van der Waals surface area contributed by atoms with Gasteiger partial charge in [-0.3, -0.25) is 9.36 Å². The third-order valence-electron chi connectivity index (χ3n) is 2.18. The summed E-state index contributed by atoms with van der Waals surface area (Å²) in [6, 6.07) is 0. The molecule has 0 radical (unpaired) electrons. The van der Waals surface area contributed by atoms with E-state index in [-0.39, 0.29) is 13.2 Å². The van der Waals surface area contributed by atoms with Gasteiger partial charge in [0, 0.05) is 0 Å². The van der Waals surface area contributed by atoms with E-state index >= 15 is 0 Å². The summed E-state index contributed by atoms with van der Waals surface area (Å²) >= 11 is 0. The summed E-state index contributed by atoms with van der Waals surface area (Å²) in [6.45, 7) is 7.76. The number of carbonyl (C=O) groups excluding carboxylic acids is 1. The molecule has 1 atom stereocenters. The van der Waals surface area contributed by atoms with Gasteiger partial charge in [0.05, 0.1) is 19.8 Å². The highest BCUT2D eigenvalue weighted by molar-refractivity contribution is 7.55. The molecule has 0 saturated carbocycles. The van der Waals surface area contributed by atoms with Crippen molar-refractivity contribution in [2.24, 2.45) is 0 Å². The highest BCUT2D eigenvalue weighted by atomic mass is 31.2. The predicted octanol–water partition coefficient (Wildman–Crippen LogP) is 2.98. The molecule has 0 aliphatic rings. The fraction of sp³-hybridized carbons (Fsp3) is 0.909. The second-order valence-corrected chi connectivity index (χ2v) is 5.94. The van der Waals surface area contributed by atoms with Gasteiger partial charge < -0.3 is 13.8 Å². The van der Waals surface area contributed by atoms with Crippen LogP contribution in [0.1, 0.15) is 40.5 Å². The van der Waals surface area contributed by atoms with Crippen molar-refractivity contribution in [1.82, 2.24) is 0 Å². The van der Waals surface area contributed by atoms with Crippen molar-refractivity contribution in [2.75, 3.05) is 19.8 Å². The topological polar surface area (TPSA) is 61.8 Å². The lowest BCUT2D eigenvalue weighted by atomic mass is 10.4. The minimum atomic E-state index is -3.39. The number of hydrogen-bond donors (Lipinski definition) is 0. The molecular formula is C11H23O5P. The Labute approximate surface area is 103 Å². The Bertz CT molecular complexity index is 257. The van der Waals surface area contributed by atoms with Crippen molar-refractivity contribution in [3.05, 3.63) is 0 Å². The zero-order valence-electron chi connectivity index (χ0n) is 11.1. The number of ether oxygens (including phenoxy) is 1. The molecule has 0 bridgehead atoms. The highest BCUT2D eigenvalue weighted by Crippen LogP contribution is 2.53. The third kappa shape index (κ3) is 5.66. The van der Waals surface area contributed by atoms with Gasteiger partial charge in [-0.15, -0.1) is 0 Å². The van der Waals surface area contributed by atoms with Crippen LogP contribution in [0.25, 0.3) is 0 Å². The first-order chi connectivity index (χ1) is 8.01. The maximum Gasteiger partial charge on any atom is 0.344 e. The Balaban J connectivity index is 4.44. The maximum atomic E-state index is 12.2. The highest BCUT2D eigenvalue weighted by Gasteiger charge is 2.38. The van der Waals surface area contributed by atoms with E-state index in [9.17, 15) is 9.36 Å². The van der Waals surface area contributed by atoms with Crippen LogP contribution < -0.4 is 0 Å². The number of unbranched alkanes of at least 4 members (excludes halogenated alkanes) is 1. The van der Waals surface area contributed by atoms with Gasteiger partial charge >= 0.3 is 13.6 Å². The monoisotopic (exact) mass is 266 g/mol. The normalized spacial score (nSPS) is 13.4. The number of carbonyl (C=O) groups is 1. The predicted molar refractivity (Wildman–Crippen MR) is 66.2 cm³/mol. The summed E-state index contributed by atoms with van der Waals surface area (Å²) in [4.78, 5) is 11.7. The molecule has 0 N–H and O–H groups in total. The van der Waals surface area contributed by atoms with Gasteiger partial charge in [-0.05, 0) is 27.2 Å². The standard InChI is InChI=1S/C11H23O5P/c1-5-8-9-14-11(12)10(4)17(13,15-6-2)16-7-3/h10H,5-9H2,1-4H3. The minimum Gasteiger partial charge on any atom is -0.465 e. The summed E-state index contributed by atoms with van der Waals surface area (Å²) in [5, 5.41) is 0. The van der Waals surface area contributed by atoms with Crippen molar-refractivity contribution in [3.8, 4) is 0 Å². The summed E-state index contributed by atoms with van der Waals surface area (Å²) < 4.78 is 27.4. The molecule has 0 aromatic carbocycles. The lowest BCUT2D eigenvalue weighted by molar-refractivity contribution is -0.143. The molecule has 0 fully saturated rings. The van der Waals surface area contributed by atoms with E-state index in [0.717, 1.165) is 12.8 Å². The smallest absolute Gasteiger partial charge is 0.344 e. The molecule has 5 nitrogen and oxygen atoms in total. The number of rotatable bonds is 9. The zero-order valence-corrected chi connectivity index (χ0v) is 12.0. The largest absolute Gasteiger partial charge is 0.465 e. The summed E-state index contributed by atoms with van der Waals surface area (Å²) in [6.07, 6.45) is 1.74. The number of hydrogen-bond acceptors (Lipinski definition) is 5. The minimum absolute atomic E-state index is 0.240. The Hall–Kier alpha value is -0.380. The van der Waals surface area contributed by atoms with Crippen LogP contribution in [0.3, 0.4) is 0 Å². The summed E-state index contributed by atoms with van der Waals surface area (Å²) in [5.74, 6) is -0.524. The van der Waals surface area contributed by atoms with Crippen LogP contribution in [-0.2, 0) is 23.1 Å². The second-order valence-electron chi connectivity index (χ2n) is 3.57. The molecular weight excluding hydrogens is 243 g/mol. The van der Waals surface area contributed by atoms with E-state index in [1.54, 1.807) is 13.8 Å². The zero-order chi connectivity index (χ0) is 13.3. The Morgan fingerprint density at radius 3 is 2.12 bits per heavy atom. The fourth-order valence-electron chi connectivity index (χ4n) is 1.19. The Morgan fingerprint density at radius 2 is 1.71 bits per heavy atom. The first kappa shape index (κ1) is 16.6. The third-order valence-corrected chi connectivity index (χ3v) is 4.57. The molecule has 6 heteroatoms. The molecule has 0 aliphatic carbocycles.